The number of aryl methyl sites for hydroxylation is 1. The lowest BCUT2D eigenvalue weighted by molar-refractivity contribution is -0.0712. The van der Waals surface area contributed by atoms with E-state index < -0.39 is 5.79 Å². The minimum Gasteiger partial charge on any atom is -0.448 e. The molecule has 2 heterocycles. The van der Waals surface area contributed by atoms with Crippen molar-refractivity contribution in [3.63, 3.8) is 0 Å². The van der Waals surface area contributed by atoms with Crippen LogP contribution in [0.2, 0.25) is 0 Å². The number of benzene rings is 3. The van der Waals surface area contributed by atoms with E-state index in [1.54, 1.807) is 6.20 Å². The number of amidine groups is 1. The van der Waals surface area contributed by atoms with Crippen LogP contribution in [0.15, 0.2) is 60.2 Å². The van der Waals surface area contributed by atoms with Crippen molar-refractivity contribution in [2.75, 3.05) is 24.6 Å². The Bertz CT molecular complexity index is 1680. The predicted molar refractivity (Wildman–Crippen MR) is 228 cm³/mol. The van der Waals surface area contributed by atoms with Gasteiger partial charge in [-0.1, -0.05) is 79.5 Å². The summed E-state index contributed by atoms with van der Waals surface area (Å²) in [5, 5.41) is 7.40. The topological polar surface area (TPSA) is 107 Å². The standard InChI is InChI=1S/C38H44N4O2.C3H8.2C2H6.CH5N/c1-3-40-36(33-9-8-20-41-33)42-32-15-13-27(29-22-37(23-30(29)32)16-4-5-17-37)28-12-11-26(25-10-14-31(39)24(2)21-25)34-35(28)44-38(43-34)18-6-7-19-38;1-3-2;3*1-2/h3,10-15,21,33,41H,1,4-9,16-20,22-23,39H2,2H3,(H,40,42);3H2,1-2H3;2*1-2H3;2H2,1H3. The quantitative estimate of drug-likeness (QED) is 0.119. The van der Waals surface area contributed by atoms with Crippen LogP contribution in [0.4, 0.5) is 11.4 Å². The molecule has 53 heavy (non-hydrogen) atoms. The maximum Gasteiger partial charge on any atom is 0.251 e. The highest BCUT2D eigenvalue weighted by molar-refractivity contribution is 6.01. The summed E-state index contributed by atoms with van der Waals surface area (Å²) in [4.78, 5) is 4.70. The van der Waals surface area contributed by atoms with Gasteiger partial charge < -0.3 is 31.6 Å². The van der Waals surface area contributed by atoms with Gasteiger partial charge in [-0.15, -0.1) is 0 Å². The van der Waals surface area contributed by atoms with Crippen LogP contribution in [0.5, 0.6) is 11.5 Å². The average molecular weight is 724 g/mol. The van der Waals surface area contributed by atoms with Crippen molar-refractivity contribution in [3.8, 4) is 33.8 Å². The van der Waals surface area contributed by atoms with E-state index in [0.29, 0.717) is 5.41 Å². The number of hydrogen-bond acceptors (Lipinski definition) is 6. The minimum absolute atomic E-state index is 0.242. The van der Waals surface area contributed by atoms with Crippen LogP contribution in [0.25, 0.3) is 22.3 Å². The maximum atomic E-state index is 6.93. The summed E-state index contributed by atoms with van der Waals surface area (Å²) in [7, 11) is 1.50. The molecule has 6 N–H and O–H groups in total. The van der Waals surface area contributed by atoms with Crippen LogP contribution < -0.4 is 31.6 Å². The number of fused-ring (bicyclic) bond motifs is 2. The molecule has 1 unspecified atom stereocenters. The third kappa shape index (κ3) is 8.95. The van der Waals surface area contributed by atoms with E-state index in [4.69, 9.17) is 20.2 Å². The second-order valence-electron chi connectivity index (χ2n) is 14.6. The van der Waals surface area contributed by atoms with Gasteiger partial charge in [-0.05, 0) is 135 Å². The Hall–Kier alpha value is -3.81. The van der Waals surface area contributed by atoms with E-state index in [1.807, 2.05) is 33.8 Å². The summed E-state index contributed by atoms with van der Waals surface area (Å²) in [6, 6.07) is 15.6. The first-order valence-electron chi connectivity index (χ1n) is 20.7. The van der Waals surface area contributed by atoms with Gasteiger partial charge >= 0.3 is 0 Å². The van der Waals surface area contributed by atoms with Crippen LogP contribution >= 0.6 is 0 Å². The second kappa shape index (κ2) is 19.5. The first kappa shape index (κ1) is 41.9. The monoisotopic (exact) mass is 724 g/mol. The Morgan fingerprint density at radius 1 is 0.849 bits per heavy atom. The number of hydrogen-bond donors (Lipinski definition) is 4. The van der Waals surface area contributed by atoms with E-state index >= 15 is 0 Å². The zero-order valence-corrected chi connectivity index (χ0v) is 34.2. The normalized spacial score (nSPS) is 19.5. The maximum absolute atomic E-state index is 6.93. The molecule has 2 spiro atoms. The van der Waals surface area contributed by atoms with E-state index in [1.165, 1.54) is 68.0 Å². The molecule has 8 rings (SSSR count). The number of nitrogens with zero attached hydrogens (tertiary/aromatic N) is 1. The summed E-state index contributed by atoms with van der Waals surface area (Å²) in [6.07, 6.45) is 16.8. The number of ether oxygens (including phenoxy) is 2. The molecule has 3 aliphatic carbocycles. The van der Waals surface area contributed by atoms with Crippen LogP contribution in [-0.4, -0.2) is 31.3 Å². The lowest BCUT2D eigenvalue weighted by Gasteiger charge is -2.22. The highest BCUT2D eigenvalue weighted by Crippen LogP contribution is 2.58. The van der Waals surface area contributed by atoms with Crippen molar-refractivity contribution in [1.29, 1.82) is 0 Å². The number of aliphatic imine (C=N–C) groups is 1. The van der Waals surface area contributed by atoms with Crippen molar-refractivity contribution in [3.05, 3.63) is 71.9 Å². The Labute approximate surface area is 321 Å². The van der Waals surface area contributed by atoms with Crippen LogP contribution in [0, 0.1) is 12.3 Å². The fourth-order valence-electron chi connectivity index (χ4n) is 8.68. The lowest BCUT2D eigenvalue weighted by atomic mass is 9.83. The molecule has 5 aliphatic rings. The van der Waals surface area contributed by atoms with Crippen LogP contribution in [0.1, 0.15) is 129 Å². The highest BCUT2D eigenvalue weighted by Gasteiger charge is 2.47. The summed E-state index contributed by atoms with van der Waals surface area (Å²) < 4.78 is 13.8. The molecule has 0 amide bonds. The molecule has 3 fully saturated rings. The fraction of sp³-hybridized carbons (Fsp3) is 0.543. The molecular formula is C46H69N5O2. The molecular weight excluding hydrogens is 655 g/mol. The van der Waals surface area contributed by atoms with E-state index in [9.17, 15) is 0 Å². The molecule has 7 heteroatoms. The van der Waals surface area contributed by atoms with E-state index in [-0.39, 0.29) is 6.04 Å². The SMILES string of the molecule is C=CN=C(Nc1ccc(-c2ccc(-c3ccc(N)c(C)c3)c3c2OC2(CCCC2)O3)c2c1CC1(CCCC1)C2)C1CCCN1.CC.CC.CCC.CN. The molecule has 290 valence electrons. The average Bonchev–Trinajstić information content (AvgIpc) is 4.05. The molecule has 3 aromatic rings. The number of nitrogen functional groups attached to an aromatic ring is 1. The molecule has 3 aromatic carbocycles. The fourth-order valence-corrected chi connectivity index (χ4v) is 8.68. The molecule has 7 nitrogen and oxygen atoms in total. The molecule has 1 atom stereocenters. The number of nitrogens with two attached hydrogens (primary N) is 2. The summed E-state index contributed by atoms with van der Waals surface area (Å²) in [5.74, 6) is 2.20. The van der Waals surface area contributed by atoms with Gasteiger partial charge in [-0.25, -0.2) is 4.99 Å². The van der Waals surface area contributed by atoms with Gasteiger partial charge in [0.05, 0.1) is 6.04 Å². The first-order valence-corrected chi connectivity index (χ1v) is 20.7. The summed E-state index contributed by atoms with van der Waals surface area (Å²) >= 11 is 0. The van der Waals surface area contributed by atoms with Gasteiger partial charge in [0.25, 0.3) is 5.79 Å². The highest BCUT2D eigenvalue weighted by atomic mass is 16.7. The van der Waals surface area contributed by atoms with Gasteiger partial charge in [0.1, 0.15) is 5.84 Å². The third-order valence-electron chi connectivity index (χ3n) is 11.0. The minimum atomic E-state index is -0.558. The smallest absolute Gasteiger partial charge is 0.251 e. The molecule has 0 bridgehead atoms. The number of anilines is 2. The number of rotatable bonds is 5. The van der Waals surface area contributed by atoms with Gasteiger partial charge in [0.15, 0.2) is 11.5 Å². The molecule has 2 saturated carbocycles. The zero-order chi connectivity index (χ0) is 38.6. The Kier molecular flexibility index (Phi) is 15.4. The predicted octanol–water partition coefficient (Wildman–Crippen LogP) is 11.4. The van der Waals surface area contributed by atoms with Crippen molar-refractivity contribution >= 4 is 17.2 Å². The van der Waals surface area contributed by atoms with Gasteiger partial charge in [0.2, 0.25) is 0 Å². The van der Waals surface area contributed by atoms with E-state index in [0.717, 1.165) is 96.8 Å². The van der Waals surface area contributed by atoms with Crippen molar-refractivity contribution in [2.45, 2.75) is 144 Å². The zero-order valence-electron chi connectivity index (χ0n) is 34.2. The molecule has 0 aromatic heterocycles. The molecule has 2 aliphatic heterocycles. The largest absolute Gasteiger partial charge is 0.448 e. The lowest BCUT2D eigenvalue weighted by Crippen LogP contribution is -2.36. The Balaban J connectivity index is 0.000000646. The van der Waals surface area contributed by atoms with Gasteiger partial charge in [-0.2, -0.15) is 0 Å². The third-order valence-corrected chi connectivity index (χ3v) is 11.0. The van der Waals surface area contributed by atoms with Crippen LogP contribution in [0.3, 0.4) is 0 Å². The summed E-state index contributed by atoms with van der Waals surface area (Å²) in [6.45, 7) is 19.3. The van der Waals surface area contributed by atoms with E-state index in [2.05, 4.69) is 80.1 Å². The molecule has 1 saturated heterocycles. The van der Waals surface area contributed by atoms with Crippen molar-refractivity contribution in [2.24, 2.45) is 16.1 Å². The van der Waals surface area contributed by atoms with Crippen molar-refractivity contribution < 1.29 is 9.47 Å². The first-order chi connectivity index (χ1) is 25.9. The van der Waals surface area contributed by atoms with Crippen molar-refractivity contribution in [1.82, 2.24) is 5.32 Å². The number of nitrogens with one attached hydrogen (secondary N) is 2. The molecule has 0 radical (unpaired) electrons. The van der Waals surface area contributed by atoms with Gasteiger partial charge in [-0.3, -0.25) is 0 Å². The Morgan fingerprint density at radius 3 is 2.04 bits per heavy atom. The van der Waals surface area contributed by atoms with Crippen LogP contribution in [-0.2, 0) is 12.8 Å². The summed E-state index contributed by atoms with van der Waals surface area (Å²) in [5.41, 5.74) is 21.6. The Morgan fingerprint density at radius 2 is 1.43 bits per heavy atom. The van der Waals surface area contributed by atoms with Gasteiger partial charge in [0, 0.05) is 41.5 Å². The second-order valence-corrected chi connectivity index (χ2v) is 14.6.